The van der Waals surface area contributed by atoms with Crippen LogP contribution in [0.4, 0.5) is 0 Å². The van der Waals surface area contributed by atoms with E-state index in [0.717, 1.165) is 44.0 Å². The van der Waals surface area contributed by atoms with E-state index < -0.39 is 0 Å². The molecule has 6 nitrogen and oxygen atoms in total. The largest absolute Gasteiger partial charge is 0.450 e. The first-order valence-corrected chi connectivity index (χ1v) is 8.18. The number of nitrogens with zero attached hydrogens (tertiary/aromatic N) is 1. The zero-order valence-corrected chi connectivity index (χ0v) is 14.1. The normalized spacial score (nSPS) is 15.6. The highest BCUT2D eigenvalue weighted by atomic mass is 16.5. The molecule has 24 heavy (non-hydrogen) atoms. The van der Waals surface area contributed by atoms with E-state index in [1.165, 1.54) is 6.07 Å². The number of benzene rings is 1. The first-order valence-electron chi connectivity index (χ1n) is 8.18. The van der Waals surface area contributed by atoms with E-state index in [2.05, 4.69) is 10.2 Å². The van der Waals surface area contributed by atoms with Crippen molar-refractivity contribution in [3.8, 4) is 0 Å². The Kier molecular flexibility index (Phi) is 4.97. The Labute approximate surface area is 140 Å². The molecule has 0 unspecified atom stereocenters. The Bertz CT molecular complexity index is 807. The monoisotopic (exact) mass is 330 g/mol. The number of aryl methyl sites for hydroxylation is 2. The molecular weight excluding hydrogens is 308 g/mol. The molecule has 0 radical (unpaired) electrons. The highest BCUT2D eigenvalue weighted by Crippen LogP contribution is 2.19. The quantitative estimate of drug-likeness (QED) is 0.919. The maximum absolute atomic E-state index is 12.3. The molecule has 0 spiro atoms. The van der Waals surface area contributed by atoms with Gasteiger partial charge < -0.3 is 14.5 Å². The molecule has 0 atom stereocenters. The summed E-state index contributed by atoms with van der Waals surface area (Å²) in [4.78, 5) is 26.8. The molecule has 128 valence electrons. The number of carbonyl (C=O) groups excluding carboxylic acids is 1. The second-order valence-electron chi connectivity index (χ2n) is 6.14. The minimum Gasteiger partial charge on any atom is -0.450 e. The maximum atomic E-state index is 12.3. The van der Waals surface area contributed by atoms with Crippen LogP contribution >= 0.6 is 0 Å². The van der Waals surface area contributed by atoms with Crippen molar-refractivity contribution < 1.29 is 13.9 Å². The van der Waals surface area contributed by atoms with Crippen LogP contribution in [0.3, 0.4) is 0 Å². The van der Waals surface area contributed by atoms with Gasteiger partial charge in [0.25, 0.3) is 5.91 Å². The molecule has 2 aromatic rings. The molecule has 6 heteroatoms. The number of morpholine rings is 1. The van der Waals surface area contributed by atoms with E-state index in [0.29, 0.717) is 17.5 Å². The molecule has 0 bridgehead atoms. The van der Waals surface area contributed by atoms with Crippen LogP contribution in [0.1, 0.15) is 21.7 Å². The average Bonchev–Trinajstić information content (AvgIpc) is 2.56. The number of ether oxygens (including phenoxy) is 1. The van der Waals surface area contributed by atoms with Crippen LogP contribution in [0.2, 0.25) is 0 Å². The van der Waals surface area contributed by atoms with Gasteiger partial charge in [0.1, 0.15) is 5.58 Å². The smallest absolute Gasteiger partial charge is 0.287 e. The van der Waals surface area contributed by atoms with E-state index in [-0.39, 0.29) is 17.1 Å². The maximum Gasteiger partial charge on any atom is 0.287 e. The van der Waals surface area contributed by atoms with Crippen LogP contribution < -0.4 is 10.7 Å². The summed E-state index contributed by atoms with van der Waals surface area (Å²) < 4.78 is 11.0. The number of nitrogens with one attached hydrogen (secondary N) is 1. The number of rotatable bonds is 4. The molecule has 1 fully saturated rings. The average molecular weight is 330 g/mol. The lowest BCUT2D eigenvalue weighted by Crippen LogP contribution is -2.41. The van der Waals surface area contributed by atoms with Crippen LogP contribution in [0.15, 0.2) is 27.4 Å². The van der Waals surface area contributed by atoms with Gasteiger partial charge in [-0.3, -0.25) is 14.5 Å². The molecule has 0 saturated carbocycles. The van der Waals surface area contributed by atoms with Gasteiger partial charge in [-0.1, -0.05) is 6.07 Å². The predicted octanol–water partition coefficient (Wildman–Crippen LogP) is 1.47. The van der Waals surface area contributed by atoms with Gasteiger partial charge in [0, 0.05) is 32.2 Å². The van der Waals surface area contributed by atoms with Gasteiger partial charge in [0.05, 0.1) is 18.6 Å². The van der Waals surface area contributed by atoms with Crippen molar-refractivity contribution in [1.82, 2.24) is 10.2 Å². The second kappa shape index (κ2) is 7.15. The Morgan fingerprint density at radius 3 is 2.71 bits per heavy atom. The molecule has 1 aliphatic heterocycles. The Hall–Kier alpha value is -2.18. The van der Waals surface area contributed by atoms with Gasteiger partial charge in [0.15, 0.2) is 11.2 Å². The predicted molar refractivity (Wildman–Crippen MR) is 91.6 cm³/mol. The zero-order chi connectivity index (χ0) is 17.1. The van der Waals surface area contributed by atoms with Crippen LogP contribution in [0, 0.1) is 13.8 Å². The van der Waals surface area contributed by atoms with Gasteiger partial charge in [0.2, 0.25) is 0 Å². The summed E-state index contributed by atoms with van der Waals surface area (Å²) in [5, 5.41) is 3.33. The topological polar surface area (TPSA) is 71.8 Å². The van der Waals surface area contributed by atoms with Crippen LogP contribution in [0.5, 0.6) is 0 Å². The molecule has 2 heterocycles. The fraction of sp³-hybridized carbons (Fsp3) is 0.444. The number of hydrogen-bond acceptors (Lipinski definition) is 5. The molecular formula is C18H22N2O4. The van der Waals surface area contributed by atoms with E-state index in [4.69, 9.17) is 9.15 Å². The zero-order valence-electron chi connectivity index (χ0n) is 14.1. The first kappa shape index (κ1) is 16.7. The van der Waals surface area contributed by atoms with E-state index in [9.17, 15) is 9.59 Å². The number of carbonyl (C=O) groups is 1. The number of hydrogen-bond donors (Lipinski definition) is 1. The number of amides is 1. The van der Waals surface area contributed by atoms with Crippen LogP contribution in [-0.4, -0.2) is 50.2 Å². The molecule has 1 amide bonds. The molecule has 1 aliphatic rings. The fourth-order valence-corrected chi connectivity index (χ4v) is 2.96. The van der Waals surface area contributed by atoms with E-state index >= 15 is 0 Å². The highest BCUT2D eigenvalue weighted by molar-refractivity contribution is 5.93. The summed E-state index contributed by atoms with van der Waals surface area (Å²) in [5.41, 5.74) is 2.13. The molecule has 1 aromatic carbocycles. The summed E-state index contributed by atoms with van der Waals surface area (Å²) in [6, 6.07) is 4.99. The first-order chi connectivity index (χ1) is 11.5. The van der Waals surface area contributed by atoms with Crippen LogP contribution in [-0.2, 0) is 4.74 Å². The van der Waals surface area contributed by atoms with Gasteiger partial charge >= 0.3 is 0 Å². The molecule has 1 aromatic heterocycles. The van der Waals surface area contributed by atoms with Gasteiger partial charge in [-0.2, -0.15) is 0 Å². The summed E-state index contributed by atoms with van der Waals surface area (Å²) in [5.74, 6) is -0.302. The summed E-state index contributed by atoms with van der Waals surface area (Å²) in [7, 11) is 0. The third-order valence-electron chi connectivity index (χ3n) is 4.20. The Balaban J connectivity index is 1.71. The second-order valence-corrected chi connectivity index (χ2v) is 6.14. The van der Waals surface area contributed by atoms with Crippen molar-refractivity contribution in [1.29, 1.82) is 0 Å². The van der Waals surface area contributed by atoms with Crippen molar-refractivity contribution >= 4 is 16.9 Å². The molecule has 1 N–H and O–H groups in total. The Morgan fingerprint density at radius 2 is 1.96 bits per heavy atom. The van der Waals surface area contributed by atoms with Crippen molar-refractivity contribution in [2.24, 2.45) is 0 Å². The van der Waals surface area contributed by atoms with Crippen molar-refractivity contribution in [3.63, 3.8) is 0 Å². The lowest BCUT2D eigenvalue weighted by molar-refractivity contribution is 0.0382. The molecule has 0 aliphatic carbocycles. The SMILES string of the molecule is Cc1cc(C)c2oc(C(=O)NCCN3CCOCC3)cc(=O)c2c1. The van der Waals surface area contributed by atoms with Gasteiger partial charge in [-0.15, -0.1) is 0 Å². The van der Waals surface area contributed by atoms with Crippen LogP contribution in [0.25, 0.3) is 11.0 Å². The van der Waals surface area contributed by atoms with Gasteiger partial charge in [-0.05, 0) is 31.0 Å². The van der Waals surface area contributed by atoms with Crippen molar-refractivity contribution in [3.05, 3.63) is 45.3 Å². The molecule has 3 rings (SSSR count). The third kappa shape index (κ3) is 3.66. The summed E-state index contributed by atoms with van der Waals surface area (Å²) in [6.45, 7) is 8.27. The van der Waals surface area contributed by atoms with Crippen molar-refractivity contribution in [2.45, 2.75) is 13.8 Å². The van der Waals surface area contributed by atoms with Gasteiger partial charge in [-0.25, -0.2) is 0 Å². The number of fused-ring (bicyclic) bond motifs is 1. The third-order valence-corrected chi connectivity index (χ3v) is 4.20. The fourth-order valence-electron chi connectivity index (χ4n) is 2.96. The van der Waals surface area contributed by atoms with E-state index in [1.807, 2.05) is 19.9 Å². The lowest BCUT2D eigenvalue weighted by atomic mass is 10.1. The molecule has 1 saturated heterocycles. The standard InChI is InChI=1S/C18H22N2O4/c1-12-9-13(2)17-14(10-12)15(21)11-16(24-17)18(22)19-3-4-20-5-7-23-8-6-20/h9-11H,3-8H2,1-2H3,(H,19,22). The highest BCUT2D eigenvalue weighted by Gasteiger charge is 2.15. The minimum absolute atomic E-state index is 0.0569. The van der Waals surface area contributed by atoms with E-state index in [1.54, 1.807) is 6.07 Å². The minimum atomic E-state index is -0.359. The Morgan fingerprint density at radius 1 is 1.21 bits per heavy atom. The lowest BCUT2D eigenvalue weighted by Gasteiger charge is -2.26. The summed E-state index contributed by atoms with van der Waals surface area (Å²) >= 11 is 0. The summed E-state index contributed by atoms with van der Waals surface area (Å²) in [6.07, 6.45) is 0. The van der Waals surface area contributed by atoms with Crippen molar-refractivity contribution in [2.75, 3.05) is 39.4 Å².